The number of ether oxygens (including phenoxy) is 2. The Balaban J connectivity index is 1.69. The Bertz CT molecular complexity index is 1090. The molecule has 1 fully saturated rings. The minimum atomic E-state index is -0.584. The predicted octanol–water partition coefficient (Wildman–Crippen LogP) is 3.73. The SMILES string of the molecule is CNCC(O)COc1cccc(-c2nc(CC3(C)CCOCC3)cc(-c3c(C)noc3C)n2)c1. The first-order valence-electron chi connectivity index (χ1n) is 11.8. The number of rotatable bonds is 9. The molecule has 1 aromatic carbocycles. The molecule has 0 saturated carbocycles. The molecule has 0 spiro atoms. The fraction of sp³-hybridized carbons (Fsp3) is 0.500. The summed E-state index contributed by atoms with van der Waals surface area (Å²) in [5, 5.41) is 17.0. The number of hydrogen-bond donors (Lipinski definition) is 2. The van der Waals surface area contributed by atoms with Gasteiger partial charge in [0.15, 0.2) is 5.82 Å². The molecule has 0 radical (unpaired) electrons. The molecule has 1 unspecified atom stereocenters. The third-order valence-corrected chi connectivity index (χ3v) is 6.35. The lowest BCUT2D eigenvalue weighted by Crippen LogP contribution is -2.29. The smallest absolute Gasteiger partial charge is 0.160 e. The highest BCUT2D eigenvalue weighted by Crippen LogP contribution is 2.35. The zero-order chi connectivity index (χ0) is 24.1. The van der Waals surface area contributed by atoms with E-state index in [1.807, 2.05) is 38.1 Å². The molecule has 1 aliphatic rings. The second-order valence-corrected chi connectivity index (χ2v) is 9.42. The topological polar surface area (TPSA) is 103 Å². The van der Waals surface area contributed by atoms with E-state index in [0.29, 0.717) is 18.1 Å². The standard InChI is InChI=1S/C26H34N4O4/c1-17-24(18(2)34-30-17)23-13-20(14-26(3)8-10-32-11-9-26)28-25(29-23)19-6-5-7-22(12-19)33-16-21(31)15-27-4/h5-7,12-13,21,27,31H,8-11,14-16H2,1-4H3. The van der Waals surface area contributed by atoms with Crippen LogP contribution in [0.5, 0.6) is 5.75 Å². The number of aliphatic hydroxyl groups is 1. The molecule has 8 heteroatoms. The highest BCUT2D eigenvalue weighted by molar-refractivity contribution is 5.67. The third-order valence-electron chi connectivity index (χ3n) is 6.35. The molecule has 3 heterocycles. The van der Waals surface area contributed by atoms with E-state index in [-0.39, 0.29) is 12.0 Å². The van der Waals surface area contributed by atoms with Crippen molar-refractivity contribution in [3.05, 3.63) is 47.5 Å². The van der Waals surface area contributed by atoms with Gasteiger partial charge < -0.3 is 24.4 Å². The van der Waals surface area contributed by atoms with E-state index in [0.717, 1.165) is 66.4 Å². The number of aromatic nitrogens is 3. The first kappa shape index (κ1) is 24.3. The highest BCUT2D eigenvalue weighted by Gasteiger charge is 2.29. The van der Waals surface area contributed by atoms with Gasteiger partial charge in [-0.25, -0.2) is 9.97 Å². The molecule has 0 bridgehead atoms. The molecule has 3 aromatic rings. The largest absolute Gasteiger partial charge is 0.491 e. The van der Waals surface area contributed by atoms with Crippen molar-refractivity contribution in [2.24, 2.45) is 5.41 Å². The third kappa shape index (κ3) is 5.81. The summed E-state index contributed by atoms with van der Waals surface area (Å²) in [6.07, 6.45) is 2.27. The molecule has 1 aliphatic heterocycles. The van der Waals surface area contributed by atoms with E-state index in [1.165, 1.54) is 0 Å². The Labute approximate surface area is 200 Å². The number of nitrogens with zero attached hydrogens (tertiary/aromatic N) is 3. The van der Waals surface area contributed by atoms with Crippen LogP contribution in [-0.4, -0.2) is 59.7 Å². The molecule has 34 heavy (non-hydrogen) atoms. The fourth-order valence-electron chi connectivity index (χ4n) is 4.38. The lowest BCUT2D eigenvalue weighted by Gasteiger charge is -2.33. The van der Waals surface area contributed by atoms with E-state index in [2.05, 4.69) is 23.5 Å². The number of hydrogen-bond acceptors (Lipinski definition) is 8. The lowest BCUT2D eigenvalue weighted by atomic mass is 9.78. The quantitative estimate of drug-likeness (QED) is 0.492. The molecule has 1 atom stereocenters. The van der Waals surface area contributed by atoms with E-state index in [9.17, 15) is 5.11 Å². The zero-order valence-electron chi connectivity index (χ0n) is 20.4. The van der Waals surface area contributed by atoms with Crippen LogP contribution in [0.2, 0.25) is 0 Å². The number of nitrogens with one attached hydrogen (secondary N) is 1. The van der Waals surface area contributed by atoms with Crippen molar-refractivity contribution >= 4 is 0 Å². The summed E-state index contributed by atoms with van der Waals surface area (Å²) in [6, 6.07) is 9.74. The van der Waals surface area contributed by atoms with Crippen LogP contribution in [0.4, 0.5) is 0 Å². The average molecular weight is 467 g/mol. The summed E-state index contributed by atoms with van der Waals surface area (Å²) >= 11 is 0. The molecule has 2 aromatic heterocycles. The monoisotopic (exact) mass is 466 g/mol. The van der Waals surface area contributed by atoms with Crippen LogP contribution in [0.1, 0.15) is 36.9 Å². The molecule has 182 valence electrons. The van der Waals surface area contributed by atoms with Crippen LogP contribution in [0.25, 0.3) is 22.6 Å². The second kappa shape index (κ2) is 10.6. The minimum Gasteiger partial charge on any atom is -0.491 e. The maximum absolute atomic E-state index is 9.97. The Hall–Kier alpha value is -2.81. The summed E-state index contributed by atoms with van der Waals surface area (Å²) < 4.78 is 16.8. The minimum absolute atomic E-state index is 0.133. The van der Waals surface area contributed by atoms with Crippen LogP contribution < -0.4 is 10.1 Å². The van der Waals surface area contributed by atoms with Crippen LogP contribution in [0.3, 0.4) is 0 Å². The average Bonchev–Trinajstić information content (AvgIpc) is 3.16. The number of aryl methyl sites for hydroxylation is 2. The van der Waals surface area contributed by atoms with Crippen LogP contribution >= 0.6 is 0 Å². The normalized spacial score (nSPS) is 16.4. The molecule has 1 saturated heterocycles. The maximum Gasteiger partial charge on any atom is 0.160 e. The van der Waals surface area contributed by atoms with Gasteiger partial charge in [-0.05, 0) is 63.8 Å². The molecular weight excluding hydrogens is 432 g/mol. The molecule has 8 nitrogen and oxygen atoms in total. The molecule has 0 amide bonds. The number of likely N-dealkylation sites (N-methyl/N-ethyl adjacent to an activating group) is 1. The first-order chi connectivity index (χ1) is 16.4. The Kier molecular flexibility index (Phi) is 7.60. The summed E-state index contributed by atoms with van der Waals surface area (Å²) in [7, 11) is 1.80. The van der Waals surface area contributed by atoms with Gasteiger partial charge in [-0.15, -0.1) is 0 Å². The van der Waals surface area contributed by atoms with Gasteiger partial charge in [-0.2, -0.15) is 0 Å². The van der Waals surface area contributed by atoms with Gasteiger partial charge in [0.25, 0.3) is 0 Å². The Morgan fingerprint density at radius 3 is 2.68 bits per heavy atom. The van der Waals surface area contributed by atoms with Crippen LogP contribution in [-0.2, 0) is 11.2 Å². The van der Waals surface area contributed by atoms with E-state index >= 15 is 0 Å². The zero-order valence-corrected chi connectivity index (χ0v) is 20.4. The summed E-state index contributed by atoms with van der Waals surface area (Å²) in [5.41, 5.74) is 4.50. The van der Waals surface area contributed by atoms with Crippen molar-refractivity contribution in [3.8, 4) is 28.4 Å². The molecule has 4 rings (SSSR count). The van der Waals surface area contributed by atoms with Crippen molar-refractivity contribution in [1.82, 2.24) is 20.4 Å². The fourth-order valence-corrected chi connectivity index (χ4v) is 4.38. The van der Waals surface area contributed by atoms with E-state index in [1.54, 1.807) is 7.05 Å². The lowest BCUT2D eigenvalue weighted by molar-refractivity contribution is 0.0237. The Morgan fingerprint density at radius 2 is 1.97 bits per heavy atom. The summed E-state index contributed by atoms with van der Waals surface area (Å²) in [4.78, 5) is 9.86. The first-order valence-corrected chi connectivity index (χ1v) is 11.8. The second-order valence-electron chi connectivity index (χ2n) is 9.42. The van der Waals surface area contributed by atoms with Crippen molar-refractivity contribution in [2.45, 2.75) is 46.1 Å². The van der Waals surface area contributed by atoms with Gasteiger partial charge in [-0.1, -0.05) is 24.2 Å². The molecule has 2 N–H and O–H groups in total. The van der Waals surface area contributed by atoms with E-state index in [4.69, 9.17) is 24.0 Å². The molecule has 0 aliphatic carbocycles. The van der Waals surface area contributed by atoms with Crippen molar-refractivity contribution in [1.29, 1.82) is 0 Å². The maximum atomic E-state index is 9.97. The van der Waals surface area contributed by atoms with Gasteiger partial charge >= 0.3 is 0 Å². The van der Waals surface area contributed by atoms with Gasteiger partial charge in [0, 0.05) is 31.0 Å². The summed E-state index contributed by atoms with van der Waals surface area (Å²) in [5.74, 6) is 2.03. The van der Waals surface area contributed by atoms with Gasteiger partial charge in [0.2, 0.25) is 0 Å². The van der Waals surface area contributed by atoms with Crippen LogP contribution in [0, 0.1) is 19.3 Å². The number of benzene rings is 1. The number of aliphatic hydroxyl groups excluding tert-OH is 1. The van der Waals surface area contributed by atoms with Gasteiger partial charge in [0.05, 0.1) is 17.0 Å². The predicted molar refractivity (Wildman–Crippen MR) is 130 cm³/mol. The summed E-state index contributed by atoms with van der Waals surface area (Å²) in [6.45, 7) is 8.37. The Morgan fingerprint density at radius 1 is 1.18 bits per heavy atom. The van der Waals surface area contributed by atoms with Crippen molar-refractivity contribution < 1.29 is 19.1 Å². The van der Waals surface area contributed by atoms with Crippen LogP contribution in [0.15, 0.2) is 34.9 Å². The molecular formula is C26H34N4O4. The van der Waals surface area contributed by atoms with Crippen molar-refractivity contribution in [2.75, 3.05) is 33.4 Å². The van der Waals surface area contributed by atoms with Gasteiger partial charge in [-0.3, -0.25) is 0 Å². The highest BCUT2D eigenvalue weighted by atomic mass is 16.5. The van der Waals surface area contributed by atoms with Gasteiger partial charge in [0.1, 0.15) is 24.2 Å². The van der Waals surface area contributed by atoms with E-state index < -0.39 is 6.10 Å². The van der Waals surface area contributed by atoms with Crippen molar-refractivity contribution in [3.63, 3.8) is 0 Å².